The second-order valence-corrected chi connectivity index (χ2v) is 5.15. The average Bonchev–Trinajstić information content (AvgIpc) is 2.62. The van der Waals surface area contributed by atoms with Crippen LogP contribution in [0.3, 0.4) is 0 Å². The predicted molar refractivity (Wildman–Crippen MR) is 89.2 cm³/mol. The van der Waals surface area contributed by atoms with Crippen molar-refractivity contribution in [1.29, 1.82) is 0 Å². The van der Waals surface area contributed by atoms with Gasteiger partial charge in [0.2, 0.25) is 0 Å². The van der Waals surface area contributed by atoms with Crippen molar-refractivity contribution >= 4 is 23.3 Å². The molecule has 8 nitrogen and oxygen atoms in total. The molecule has 2 aromatic carbocycles. The summed E-state index contributed by atoms with van der Waals surface area (Å²) in [6.45, 7) is 0.761. The van der Waals surface area contributed by atoms with Gasteiger partial charge in [0.25, 0.3) is 11.6 Å². The Balaban J connectivity index is 1.87. The van der Waals surface area contributed by atoms with Crippen LogP contribution in [0.25, 0.3) is 0 Å². The maximum atomic E-state index is 13.6. The number of nitro benzene ring substituents is 1. The number of nitro groups is 1. The summed E-state index contributed by atoms with van der Waals surface area (Å²) < 4.78 is 23.7. The minimum Gasteiger partial charge on any atom is -0.479 e. The highest BCUT2D eigenvalue weighted by Gasteiger charge is 2.19. The number of hydrogen-bond acceptors (Lipinski definition) is 6. The Morgan fingerprint density at radius 1 is 1.23 bits per heavy atom. The van der Waals surface area contributed by atoms with Gasteiger partial charge in [0.05, 0.1) is 10.6 Å². The second-order valence-electron chi connectivity index (χ2n) is 5.15. The Hall–Kier alpha value is -3.49. The second kappa shape index (κ2) is 8.56. The molecule has 1 atom stereocenters. The Morgan fingerprint density at radius 3 is 2.58 bits per heavy atom. The third-order valence-electron chi connectivity index (χ3n) is 3.17. The first-order valence-electron chi connectivity index (χ1n) is 7.49. The quantitative estimate of drug-likeness (QED) is 0.461. The molecule has 1 unspecified atom stereocenters. The van der Waals surface area contributed by atoms with Gasteiger partial charge in [0.1, 0.15) is 11.6 Å². The fraction of sp³-hybridized carbons (Fsp3) is 0.176. The van der Waals surface area contributed by atoms with Crippen LogP contribution in [0.4, 0.5) is 15.8 Å². The summed E-state index contributed by atoms with van der Waals surface area (Å²) in [5.74, 6) is -2.02. The highest BCUT2D eigenvalue weighted by molar-refractivity contribution is 5.93. The Kier molecular flexibility index (Phi) is 6.20. The third kappa shape index (κ3) is 5.26. The molecule has 0 aliphatic rings. The number of halogens is 1. The van der Waals surface area contributed by atoms with E-state index in [1.807, 2.05) is 0 Å². The molecule has 0 heterocycles. The molecule has 0 aliphatic carbocycles. The number of amides is 1. The van der Waals surface area contributed by atoms with E-state index < -0.39 is 35.3 Å². The van der Waals surface area contributed by atoms with Crippen molar-refractivity contribution in [3.63, 3.8) is 0 Å². The number of carbonyl (C=O) groups is 2. The molecule has 0 aliphatic heterocycles. The molecule has 0 aromatic heterocycles. The fourth-order valence-corrected chi connectivity index (χ4v) is 1.91. The average molecular weight is 362 g/mol. The number of nitrogens with zero attached hydrogens (tertiary/aromatic N) is 1. The molecule has 1 amide bonds. The molecule has 0 spiro atoms. The van der Waals surface area contributed by atoms with Gasteiger partial charge in [-0.25, -0.2) is 9.18 Å². The van der Waals surface area contributed by atoms with Gasteiger partial charge >= 0.3 is 5.97 Å². The van der Waals surface area contributed by atoms with E-state index in [-0.39, 0.29) is 11.4 Å². The molecule has 2 aromatic rings. The van der Waals surface area contributed by atoms with Gasteiger partial charge in [-0.05, 0) is 25.1 Å². The van der Waals surface area contributed by atoms with Gasteiger partial charge in [-0.1, -0.05) is 18.2 Å². The largest absolute Gasteiger partial charge is 0.479 e. The van der Waals surface area contributed by atoms with Gasteiger partial charge in [-0.15, -0.1) is 0 Å². The number of non-ortho nitro benzene ring substituents is 1. The van der Waals surface area contributed by atoms with E-state index in [4.69, 9.17) is 9.47 Å². The summed E-state index contributed by atoms with van der Waals surface area (Å²) in [6.07, 6.45) is -0.959. The van der Waals surface area contributed by atoms with Crippen LogP contribution in [0, 0.1) is 15.9 Å². The molecule has 0 saturated heterocycles. The minimum atomic E-state index is -0.959. The molecule has 26 heavy (non-hydrogen) atoms. The van der Waals surface area contributed by atoms with Crippen LogP contribution in [-0.4, -0.2) is 29.5 Å². The highest BCUT2D eigenvalue weighted by atomic mass is 19.1. The number of nitrogens with one attached hydrogen (secondary N) is 1. The van der Waals surface area contributed by atoms with Crippen LogP contribution in [0.2, 0.25) is 0 Å². The minimum absolute atomic E-state index is 0.381. The number of para-hydroxylation sites is 1. The number of hydrogen-bond donors (Lipinski definition) is 1. The van der Waals surface area contributed by atoms with E-state index in [9.17, 15) is 24.1 Å². The summed E-state index contributed by atoms with van der Waals surface area (Å²) in [5.41, 5.74) is -0.766. The summed E-state index contributed by atoms with van der Waals surface area (Å²) in [6, 6.07) is 11.2. The third-order valence-corrected chi connectivity index (χ3v) is 3.17. The molecular weight excluding hydrogens is 347 g/mol. The lowest BCUT2D eigenvalue weighted by Crippen LogP contribution is -2.29. The first kappa shape index (κ1) is 18.8. The van der Waals surface area contributed by atoms with Crippen LogP contribution in [0.5, 0.6) is 5.75 Å². The number of esters is 1. The Labute approximate surface area is 147 Å². The lowest BCUT2D eigenvalue weighted by Gasteiger charge is -2.14. The summed E-state index contributed by atoms with van der Waals surface area (Å²) >= 11 is 0. The predicted octanol–water partition coefficient (Wildman–Crippen LogP) is 2.68. The van der Waals surface area contributed by atoms with Gasteiger partial charge in [-0.3, -0.25) is 14.9 Å². The lowest BCUT2D eigenvalue weighted by molar-refractivity contribution is -0.384. The molecule has 9 heteroatoms. The molecule has 0 saturated carbocycles. The van der Waals surface area contributed by atoms with Gasteiger partial charge < -0.3 is 14.8 Å². The zero-order valence-corrected chi connectivity index (χ0v) is 13.7. The standard InChI is InChI=1S/C17H15FN2O6/c1-11(26-13-5-3-2-4-6-13)17(22)25-10-16(21)19-15-9-12(20(23)24)7-8-14(15)18/h2-9,11H,10H2,1H3,(H,19,21). The van der Waals surface area contributed by atoms with Crippen LogP contribution < -0.4 is 10.1 Å². The number of benzene rings is 2. The Morgan fingerprint density at radius 2 is 1.92 bits per heavy atom. The molecular formula is C17H15FN2O6. The van der Waals surface area contributed by atoms with E-state index >= 15 is 0 Å². The topological polar surface area (TPSA) is 108 Å². The van der Waals surface area contributed by atoms with Gasteiger partial charge in [0.15, 0.2) is 12.7 Å². The monoisotopic (exact) mass is 362 g/mol. The number of carbonyl (C=O) groups excluding carboxylic acids is 2. The van der Waals surface area contributed by atoms with Crippen LogP contribution >= 0.6 is 0 Å². The van der Waals surface area contributed by atoms with Crippen molar-refractivity contribution in [2.75, 3.05) is 11.9 Å². The molecule has 0 fully saturated rings. The van der Waals surface area contributed by atoms with Crippen LogP contribution in [-0.2, 0) is 14.3 Å². The summed E-state index contributed by atoms with van der Waals surface area (Å²) in [5, 5.41) is 12.8. The van der Waals surface area contributed by atoms with Gasteiger partial charge in [-0.2, -0.15) is 0 Å². The maximum Gasteiger partial charge on any atom is 0.347 e. The van der Waals surface area contributed by atoms with E-state index in [0.717, 1.165) is 18.2 Å². The van der Waals surface area contributed by atoms with Crippen molar-refractivity contribution in [1.82, 2.24) is 0 Å². The summed E-state index contributed by atoms with van der Waals surface area (Å²) in [7, 11) is 0. The highest BCUT2D eigenvalue weighted by Crippen LogP contribution is 2.21. The van der Waals surface area contributed by atoms with Gasteiger partial charge in [0, 0.05) is 12.1 Å². The molecule has 2 rings (SSSR count). The zero-order chi connectivity index (χ0) is 19.1. The van der Waals surface area contributed by atoms with Crippen molar-refractivity contribution in [2.24, 2.45) is 0 Å². The molecule has 1 N–H and O–H groups in total. The van der Waals surface area contributed by atoms with Crippen LogP contribution in [0.1, 0.15) is 6.92 Å². The fourth-order valence-electron chi connectivity index (χ4n) is 1.91. The Bertz CT molecular complexity index is 812. The van der Waals surface area contributed by atoms with E-state index in [1.165, 1.54) is 6.92 Å². The molecule has 0 bridgehead atoms. The van der Waals surface area contributed by atoms with E-state index in [2.05, 4.69) is 5.32 Å². The number of anilines is 1. The van der Waals surface area contributed by atoms with Crippen molar-refractivity contribution < 1.29 is 28.4 Å². The van der Waals surface area contributed by atoms with Crippen molar-refractivity contribution in [2.45, 2.75) is 13.0 Å². The molecule has 136 valence electrons. The lowest BCUT2D eigenvalue weighted by atomic mass is 10.2. The smallest absolute Gasteiger partial charge is 0.347 e. The first-order chi connectivity index (χ1) is 12.4. The summed E-state index contributed by atoms with van der Waals surface area (Å²) in [4.78, 5) is 33.5. The molecule has 0 radical (unpaired) electrons. The number of rotatable bonds is 7. The zero-order valence-electron chi connectivity index (χ0n) is 13.7. The maximum absolute atomic E-state index is 13.6. The normalized spacial score (nSPS) is 11.3. The van der Waals surface area contributed by atoms with E-state index in [0.29, 0.717) is 5.75 Å². The first-order valence-corrected chi connectivity index (χ1v) is 7.49. The van der Waals surface area contributed by atoms with E-state index in [1.54, 1.807) is 30.3 Å². The van der Waals surface area contributed by atoms with Crippen molar-refractivity contribution in [3.05, 3.63) is 64.5 Å². The SMILES string of the molecule is CC(Oc1ccccc1)C(=O)OCC(=O)Nc1cc([N+](=O)[O-])ccc1F. The van der Waals surface area contributed by atoms with Crippen LogP contribution in [0.15, 0.2) is 48.5 Å². The van der Waals surface area contributed by atoms with Crippen molar-refractivity contribution in [3.8, 4) is 5.75 Å². The number of ether oxygens (including phenoxy) is 2.